The highest BCUT2D eigenvalue weighted by molar-refractivity contribution is 6.33. The lowest BCUT2D eigenvalue weighted by Gasteiger charge is -2.17. The first-order valence-electron chi connectivity index (χ1n) is 7.27. The van der Waals surface area contributed by atoms with Crippen molar-refractivity contribution in [3.8, 4) is 17.0 Å². The van der Waals surface area contributed by atoms with Crippen LogP contribution in [0.15, 0.2) is 53.1 Å². The van der Waals surface area contributed by atoms with Gasteiger partial charge in [-0.15, -0.1) is 0 Å². The van der Waals surface area contributed by atoms with Crippen molar-refractivity contribution in [2.45, 2.75) is 6.92 Å². The molecule has 6 heteroatoms. The van der Waals surface area contributed by atoms with Gasteiger partial charge in [0.2, 0.25) is 0 Å². The van der Waals surface area contributed by atoms with Crippen LogP contribution >= 0.6 is 11.6 Å². The molecule has 0 aliphatic carbocycles. The number of aromatic hydroxyl groups is 1. The van der Waals surface area contributed by atoms with E-state index in [-0.39, 0.29) is 11.7 Å². The van der Waals surface area contributed by atoms with Crippen molar-refractivity contribution in [2.75, 3.05) is 11.9 Å². The number of aryl methyl sites for hydroxylation is 1. The van der Waals surface area contributed by atoms with Gasteiger partial charge in [0.15, 0.2) is 0 Å². The van der Waals surface area contributed by atoms with Crippen LogP contribution in [0, 0.1) is 6.92 Å². The van der Waals surface area contributed by atoms with Crippen LogP contribution in [0.5, 0.6) is 5.75 Å². The van der Waals surface area contributed by atoms with Crippen LogP contribution in [0.25, 0.3) is 11.3 Å². The number of aromatic nitrogens is 1. The van der Waals surface area contributed by atoms with E-state index in [9.17, 15) is 9.90 Å². The van der Waals surface area contributed by atoms with E-state index in [1.807, 2.05) is 12.1 Å². The van der Waals surface area contributed by atoms with Gasteiger partial charge in [0, 0.05) is 18.3 Å². The Morgan fingerprint density at radius 2 is 1.83 bits per heavy atom. The number of phenolic OH excluding ortho intramolecular Hbond substituents is 1. The maximum absolute atomic E-state index is 12.9. The van der Waals surface area contributed by atoms with Crippen molar-refractivity contribution >= 4 is 23.2 Å². The SMILES string of the molecule is Cc1onc(-c2ccccc2Cl)c1C(=O)N(C)c1ccc(O)cc1. The molecule has 0 atom stereocenters. The summed E-state index contributed by atoms with van der Waals surface area (Å²) in [6.07, 6.45) is 0. The van der Waals surface area contributed by atoms with Gasteiger partial charge in [-0.2, -0.15) is 0 Å². The monoisotopic (exact) mass is 342 g/mol. The predicted molar refractivity (Wildman–Crippen MR) is 92.5 cm³/mol. The quantitative estimate of drug-likeness (QED) is 0.771. The average Bonchev–Trinajstić information content (AvgIpc) is 2.96. The number of anilines is 1. The van der Waals surface area contributed by atoms with E-state index in [0.717, 1.165) is 0 Å². The second kappa shape index (κ2) is 6.37. The second-order valence-corrected chi connectivity index (χ2v) is 5.73. The summed E-state index contributed by atoms with van der Waals surface area (Å²) in [5.74, 6) is 0.285. The summed E-state index contributed by atoms with van der Waals surface area (Å²) in [5, 5.41) is 13.9. The molecule has 122 valence electrons. The third-order valence-electron chi connectivity index (χ3n) is 3.75. The molecule has 0 spiro atoms. The fourth-order valence-electron chi connectivity index (χ4n) is 2.42. The highest BCUT2D eigenvalue weighted by Gasteiger charge is 2.26. The maximum atomic E-state index is 12.9. The summed E-state index contributed by atoms with van der Waals surface area (Å²) in [6.45, 7) is 1.69. The fourth-order valence-corrected chi connectivity index (χ4v) is 2.65. The molecule has 1 heterocycles. The zero-order chi connectivity index (χ0) is 17.3. The fraction of sp³-hybridized carbons (Fsp3) is 0.111. The Bertz CT molecular complexity index is 888. The van der Waals surface area contributed by atoms with Gasteiger partial charge in [0.25, 0.3) is 5.91 Å². The van der Waals surface area contributed by atoms with Gasteiger partial charge in [-0.3, -0.25) is 4.79 Å². The van der Waals surface area contributed by atoms with Crippen LogP contribution in [0.1, 0.15) is 16.1 Å². The molecule has 0 radical (unpaired) electrons. The summed E-state index contributed by atoms with van der Waals surface area (Å²) >= 11 is 6.22. The Morgan fingerprint density at radius 3 is 2.50 bits per heavy atom. The Hall–Kier alpha value is -2.79. The standard InChI is InChI=1S/C18H15ClN2O3/c1-11-16(17(20-24-11)14-5-3-4-6-15(14)19)18(23)21(2)12-7-9-13(22)10-8-12/h3-10,22H,1-2H3. The van der Waals surface area contributed by atoms with Gasteiger partial charge in [0.05, 0.1) is 5.02 Å². The van der Waals surface area contributed by atoms with Crippen LogP contribution in [-0.4, -0.2) is 23.2 Å². The normalized spacial score (nSPS) is 10.6. The number of carbonyl (C=O) groups excluding carboxylic acids is 1. The van der Waals surface area contributed by atoms with E-state index in [4.69, 9.17) is 16.1 Å². The van der Waals surface area contributed by atoms with Crippen molar-refractivity contribution < 1.29 is 14.4 Å². The Morgan fingerprint density at radius 1 is 1.17 bits per heavy atom. The third-order valence-corrected chi connectivity index (χ3v) is 4.08. The van der Waals surface area contributed by atoms with Crippen LogP contribution in [0.3, 0.4) is 0 Å². The lowest BCUT2D eigenvalue weighted by molar-refractivity contribution is 0.0992. The van der Waals surface area contributed by atoms with Gasteiger partial charge in [-0.05, 0) is 37.3 Å². The Balaban J connectivity index is 2.03. The van der Waals surface area contributed by atoms with Crippen molar-refractivity contribution in [3.05, 3.63) is 64.9 Å². The molecule has 5 nitrogen and oxygen atoms in total. The van der Waals surface area contributed by atoms with Crippen LogP contribution < -0.4 is 4.90 Å². The zero-order valence-electron chi connectivity index (χ0n) is 13.2. The van der Waals surface area contributed by atoms with Gasteiger partial charge < -0.3 is 14.5 Å². The molecule has 3 aromatic rings. The lowest BCUT2D eigenvalue weighted by Crippen LogP contribution is -2.26. The van der Waals surface area contributed by atoms with Crippen molar-refractivity contribution in [3.63, 3.8) is 0 Å². The number of halogens is 1. The summed E-state index contributed by atoms with van der Waals surface area (Å²) in [5.41, 5.74) is 2.05. The molecular formula is C18H15ClN2O3. The highest BCUT2D eigenvalue weighted by Crippen LogP contribution is 2.32. The van der Waals surface area contributed by atoms with Crippen molar-refractivity contribution in [1.29, 1.82) is 0 Å². The molecule has 0 bridgehead atoms. The van der Waals surface area contributed by atoms with E-state index in [1.165, 1.54) is 17.0 Å². The Labute approximate surface area is 144 Å². The van der Waals surface area contributed by atoms with Crippen LogP contribution in [0.4, 0.5) is 5.69 Å². The first-order chi connectivity index (χ1) is 11.5. The molecule has 24 heavy (non-hydrogen) atoms. The molecule has 0 unspecified atom stereocenters. The largest absolute Gasteiger partial charge is 0.508 e. The predicted octanol–water partition coefficient (Wildman–Crippen LogP) is 4.29. The zero-order valence-corrected chi connectivity index (χ0v) is 13.9. The molecule has 0 saturated heterocycles. The molecule has 0 aliphatic rings. The molecule has 0 saturated carbocycles. The molecule has 0 aliphatic heterocycles. The number of phenols is 1. The number of rotatable bonds is 3. The summed E-state index contributed by atoms with van der Waals surface area (Å²) in [7, 11) is 1.65. The number of hydrogen-bond donors (Lipinski definition) is 1. The van der Waals surface area contributed by atoms with E-state index in [0.29, 0.717) is 33.3 Å². The van der Waals surface area contributed by atoms with E-state index in [2.05, 4.69) is 5.16 Å². The summed E-state index contributed by atoms with van der Waals surface area (Å²) in [4.78, 5) is 14.4. The second-order valence-electron chi connectivity index (χ2n) is 5.32. The molecule has 1 aromatic heterocycles. The van der Waals surface area contributed by atoms with Crippen molar-refractivity contribution in [2.24, 2.45) is 0 Å². The molecular weight excluding hydrogens is 328 g/mol. The van der Waals surface area contributed by atoms with Crippen molar-refractivity contribution in [1.82, 2.24) is 5.16 Å². The average molecular weight is 343 g/mol. The van der Waals surface area contributed by atoms with E-state index in [1.54, 1.807) is 38.2 Å². The Kier molecular flexibility index (Phi) is 4.27. The maximum Gasteiger partial charge on any atom is 0.263 e. The van der Waals surface area contributed by atoms with Crippen LogP contribution in [-0.2, 0) is 0 Å². The van der Waals surface area contributed by atoms with Gasteiger partial charge in [0.1, 0.15) is 22.8 Å². The first kappa shape index (κ1) is 16.1. The van der Waals surface area contributed by atoms with Gasteiger partial charge >= 0.3 is 0 Å². The first-order valence-corrected chi connectivity index (χ1v) is 7.65. The number of carbonyl (C=O) groups is 1. The van der Waals surface area contributed by atoms with Crippen LogP contribution in [0.2, 0.25) is 5.02 Å². The number of benzene rings is 2. The minimum Gasteiger partial charge on any atom is -0.508 e. The molecule has 1 N–H and O–H groups in total. The summed E-state index contributed by atoms with van der Waals surface area (Å²) < 4.78 is 5.24. The molecule has 2 aromatic carbocycles. The molecule has 3 rings (SSSR count). The number of hydrogen-bond acceptors (Lipinski definition) is 4. The highest BCUT2D eigenvalue weighted by atomic mass is 35.5. The van der Waals surface area contributed by atoms with E-state index >= 15 is 0 Å². The molecule has 0 fully saturated rings. The minimum atomic E-state index is -0.269. The third kappa shape index (κ3) is 2.86. The van der Waals surface area contributed by atoms with Gasteiger partial charge in [-0.25, -0.2) is 0 Å². The lowest BCUT2D eigenvalue weighted by atomic mass is 10.0. The minimum absolute atomic E-state index is 0.137. The number of amides is 1. The number of nitrogens with zero attached hydrogens (tertiary/aromatic N) is 2. The topological polar surface area (TPSA) is 66.6 Å². The smallest absolute Gasteiger partial charge is 0.263 e. The van der Waals surface area contributed by atoms with E-state index < -0.39 is 0 Å². The summed E-state index contributed by atoms with van der Waals surface area (Å²) in [6, 6.07) is 13.5. The van der Waals surface area contributed by atoms with Gasteiger partial charge in [-0.1, -0.05) is 35.0 Å². The molecule has 1 amide bonds.